The van der Waals surface area contributed by atoms with E-state index in [0.29, 0.717) is 34.1 Å². The first-order valence-corrected chi connectivity index (χ1v) is 12.1. The van der Waals surface area contributed by atoms with Gasteiger partial charge < -0.3 is 15.0 Å². The molecule has 0 atom stereocenters. The van der Waals surface area contributed by atoms with Gasteiger partial charge in [0, 0.05) is 23.5 Å². The number of para-hydroxylation sites is 2. The lowest BCUT2D eigenvalue weighted by Crippen LogP contribution is -2.30. The molecule has 1 N–H and O–H groups in total. The topological polar surface area (TPSA) is 84.4 Å². The van der Waals surface area contributed by atoms with E-state index in [1.54, 1.807) is 29.3 Å². The zero-order valence-corrected chi connectivity index (χ0v) is 20.2. The molecular weight excluding hydrogens is 476 g/mol. The summed E-state index contributed by atoms with van der Waals surface area (Å²) < 4.78 is 6.01. The Morgan fingerprint density at radius 3 is 2.53 bits per heavy atom. The Bertz CT molecular complexity index is 1650. The van der Waals surface area contributed by atoms with Gasteiger partial charge in [-0.1, -0.05) is 66.7 Å². The first-order valence-electron chi connectivity index (χ1n) is 12.1. The second-order valence-electron chi connectivity index (χ2n) is 8.76. The number of benzene rings is 3. The van der Waals surface area contributed by atoms with Gasteiger partial charge in [-0.2, -0.15) is 0 Å². The summed E-state index contributed by atoms with van der Waals surface area (Å²) in [5.41, 5.74) is 4.45. The van der Waals surface area contributed by atoms with Crippen LogP contribution in [0.2, 0.25) is 0 Å². The molecule has 0 saturated heterocycles. The van der Waals surface area contributed by atoms with Crippen LogP contribution in [0.1, 0.15) is 26.3 Å². The van der Waals surface area contributed by atoms with Gasteiger partial charge in [-0.25, -0.2) is 4.98 Å². The smallest absolute Gasteiger partial charge is 0.260 e. The quantitative estimate of drug-likeness (QED) is 0.312. The number of hydrogen-bond donors (Lipinski definition) is 1. The number of hydrogen-bond acceptors (Lipinski definition) is 5. The molecule has 0 fully saturated rings. The predicted molar refractivity (Wildman–Crippen MR) is 145 cm³/mol. The lowest BCUT2D eigenvalue weighted by atomic mass is 9.99. The van der Waals surface area contributed by atoms with Crippen LogP contribution in [-0.2, 0) is 6.54 Å². The van der Waals surface area contributed by atoms with Crippen molar-refractivity contribution in [2.45, 2.75) is 6.54 Å². The molecule has 0 aliphatic carbocycles. The molecule has 1 aliphatic rings. The van der Waals surface area contributed by atoms with E-state index < -0.39 is 0 Å². The van der Waals surface area contributed by atoms with Crippen LogP contribution >= 0.6 is 0 Å². The zero-order valence-electron chi connectivity index (χ0n) is 20.2. The molecule has 38 heavy (non-hydrogen) atoms. The highest BCUT2D eigenvalue weighted by molar-refractivity contribution is 6.10. The van der Waals surface area contributed by atoms with Gasteiger partial charge in [0.2, 0.25) is 5.88 Å². The zero-order chi connectivity index (χ0) is 25.9. The normalized spacial score (nSPS) is 11.9. The van der Waals surface area contributed by atoms with Crippen molar-refractivity contribution < 1.29 is 14.3 Å². The monoisotopic (exact) mass is 498 g/mol. The molecule has 0 spiro atoms. The van der Waals surface area contributed by atoms with Crippen LogP contribution in [0.3, 0.4) is 0 Å². The molecule has 3 aromatic carbocycles. The fraction of sp³-hybridized carbons (Fsp3) is 0.0323. The lowest BCUT2D eigenvalue weighted by Gasteiger charge is -2.22. The molecule has 7 nitrogen and oxygen atoms in total. The summed E-state index contributed by atoms with van der Waals surface area (Å²) >= 11 is 0. The van der Waals surface area contributed by atoms with Crippen LogP contribution in [0.15, 0.2) is 116 Å². The van der Waals surface area contributed by atoms with E-state index in [9.17, 15) is 9.59 Å². The molecule has 3 heterocycles. The standard InChI is InChI=1S/C31H22N4O3/c36-29(26-13-5-4-12-25(26)21-9-2-1-3-10-21)34-24-17-23(18-32-19-24)31(37)35-20-22-11-8-16-33-30(22)38-28-15-7-6-14-27(28)35/h1-19H,20H2,(H,34,36). The number of fused-ring (bicyclic) bond motifs is 2. The van der Waals surface area contributed by atoms with E-state index in [1.807, 2.05) is 78.9 Å². The summed E-state index contributed by atoms with van der Waals surface area (Å²) in [6, 6.07) is 29.8. The van der Waals surface area contributed by atoms with Gasteiger partial charge in [-0.3, -0.25) is 14.6 Å². The van der Waals surface area contributed by atoms with E-state index in [0.717, 1.165) is 16.7 Å². The maximum absolute atomic E-state index is 13.8. The van der Waals surface area contributed by atoms with Crippen molar-refractivity contribution in [1.29, 1.82) is 0 Å². The maximum Gasteiger partial charge on any atom is 0.260 e. The van der Waals surface area contributed by atoms with Gasteiger partial charge in [-0.15, -0.1) is 0 Å². The molecule has 2 amide bonds. The van der Waals surface area contributed by atoms with Crippen molar-refractivity contribution in [3.63, 3.8) is 0 Å². The molecule has 2 aromatic heterocycles. The molecule has 0 unspecified atom stereocenters. The van der Waals surface area contributed by atoms with Gasteiger partial charge in [0.05, 0.1) is 29.7 Å². The summed E-state index contributed by atoms with van der Waals surface area (Å²) in [7, 11) is 0. The number of amides is 2. The lowest BCUT2D eigenvalue weighted by molar-refractivity contribution is 0.0982. The van der Waals surface area contributed by atoms with Crippen molar-refractivity contribution in [2.24, 2.45) is 0 Å². The number of nitrogens with one attached hydrogen (secondary N) is 1. The third kappa shape index (κ3) is 4.49. The average molecular weight is 499 g/mol. The molecule has 5 aromatic rings. The number of pyridine rings is 2. The number of ether oxygens (including phenoxy) is 1. The van der Waals surface area contributed by atoms with Crippen LogP contribution < -0.4 is 15.0 Å². The number of anilines is 2. The Morgan fingerprint density at radius 1 is 0.842 bits per heavy atom. The highest BCUT2D eigenvalue weighted by Crippen LogP contribution is 2.38. The van der Waals surface area contributed by atoms with Gasteiger partial charge in [0.25, 0.3) is 11.8 Å². The van der Waals surface area contributed by atoms with Gasteiger partial charge in [0.1, 0.15) is 0 Å². The third-order valence-corrected chi connectivity index (χ3v) is 6.29. The number of carbonyl (C=O) groups is 2. The summed E-state index contributed by atoms with van der Waals surface area (Å²) in [4.78, 5) is 37.3. The molecule has 6 rings (SSSR count). The van der Waals surface area contributed by atoms with Gasteiger partial charge in [0.15, 0.2) is 5.75 Å². The molecule has 0 radical (unpaired) electrons. The molecule has 0 saturated carbocycles. The SMILES string of the molecule is O=C(Nc1cncc(C(=O)N2Cc3cccnc3Oc3ccccc32)c1)c1ccccc1-c1ccccc1. The van der Waals surface area contributed by atoms with E-state index >= 15 is 0 Å². The average Bonchev–Trinajstić information content (AvgIpc) is 3.14. The van der Waals surface area contributed by atoms with E-state index in [4.69, 9.17) is 4.74 Å². The van der Waals surface area contributed by atoms with Crippen LogP contribution in [0.4, 0.5) is 11.4 Å². The van der Waals surface area contributed by atoms with Crippen molar-refractivity contribution in [3.05, 3.63) is 132 Å². The fourth-order valence-corrected chi connectivity index (χ4v) is 4.47. The Kier molecular flexibility index (Phi) is 6.08. The van der Waals surface area contributed by atoms with E-state index in [-0.39, 0.29) is 18.4 Å². The minimum Gasteiger partial charge on any atom is -0.436 e. The van der Waals surface area contributed by atoms with Crippen molar-refractivity contribution in [2.75, 3.05) is 10.2 Å². The number of rotatable bonds is 4. The molecule has 0 bridgehead atoms. The number of carbonyl (C=O) groups excluding carboxylic acids is 2. The first kappa shape index (κ1) is 23.1. The van der Waals surface area contributed by atoms with Crippen LogP contribution in [-0.4, -0.2) is 21.8 Å². The summed E-state index contributed by atoms with van der Waals surface area (Å²) in [6.07, 6.45) is 4.68. The van der Waals surface area contributed by atoms with E-state index in [1.165, 1.54) is 12.4 Å². The Hall–Kier alpha value is -5.30. The van der Waals surface area contributed by atoms with Crippen LogP contribution in [0, 0.1) is 0 Å². The molecule has 7 heteroatoms. The summed E-state index contributed by atoms with van der Waals surface area (Å²) in [6.45, 7) is 0.278. The van der Waals surface area contributed by atoms with Crippen LogP contribution in [0.5, 0.6) is 11.6 Å². The van der Waals surface area contributed by atoms with Gasteiger partial charge >= 0.3 is 0 Å². The minimum atomic E-state index is -0.288. The van der Waals surface area contributed by atoms with E-state index in [2.05, 4.69) is 15.3 Å². The second kappa shape index (κ2) is 9.99. The van der Waals surface area contributed by atoms with Gasteiger partial charge in [-0.05, 0) is 41.5 Å². The maximum atomic E-state index is 13.8. The summed E-state index contributed by atoms with van der Waals surface area (Å²) in [5, 5.41) is 2.91. The van der Waals surface area contributed by atoms with Crippen molar-refractivity contribution in [3.8, 4) is 22.8 Å². The second-order valence-corrected chi connectivity index (χ2v) is 8.76. The Balaban J connectivity index is 1.30. The highest BCUT2D eigenvalue weighted by Gasteiger charge is 2.27. The number of nitrogens with zero attached hydrogens (tertiary/aromatic N) is 3. The van der Waals surface area contributed by atoms with Crippen molar-refractivity contribution >= 4 is 23.2 Å². The first-order chi connectivity index (χ1) is 18.7. The predicted octanol–water partition coefficient (Wildman–Crippen LogP) is 6.35. The molecule has 1 aliphatic heterocycles. The van der Waals surface area contributed by atoms with Crippen LogP contribution in [0.25, 0.3) is 11.1 Å². The summed E-state index contributed by atoms with van der Waals surface area (Å²) in [5.74, 6) is 0.440. The third-order valence-electron chi connectivity index (χ3n) is 6.29. The number of aromatic nitrogens is 2. The Morgan fingerprint density at radius 2 is 1.63 bits per heavy atom. The largest absolute Gasteiger partial charge is 0.436 e. The Labute approximate surface area is 219 Å². The molecule has 184 valence electrons. The molecular formula is C31H22N4O3. The minimum absolute atomic E-state index is 0.272. The fourth-order valence-electron chi connectivity index (χ4n) is 4.47. The highest BCUT2D eigenvalue weighted by atomic mass is 16.5. The van der Waals surface area contributed by atoms with Crippen molar-refractivity contribution in [1.82, 2.24) is 9.97 Å².